The Morgan fingerprint density at radius 1 is 1.00 bits per heavy atom. The number of halogens is 1. The van der Waals surface area contributed by atoms with E-state index in [4.69, 9.17) is 14.5 Å². The van der Waals surface area contributed by atoms with Gasteiger partial charge in [-0.15, -0.1) is 0 Å². The van der Waals surface area contributed by atoms with E-state index in [-0.39, 0.29) is 23.9 Å². The fraction of sp³-hybridized carbons (Fsp3) is 0.286. The van der Waals surface area contributed by atoms with Crippen molar-refractivity contribution in [3.05, 3.63) is 78.1 Å². The van der Waals surface area contributed by atoms with E-state index in [1.165, 1.54) is 33.8 Å². The van der Waals surface area contributed by atoms with E-state index in [0.29, 0.717) is 41.5 Å². The van der Waals surface area contributed by atoms with E-state index in [1.807, 2.05) is 30.3 Å². The first-order valence-electron chi connectivity index (χ1n) is 12.4. The zero-order chi connectivity index (χ0) is 27.6. The summed E-state index contributed by atoms with van der Waals surface area (Å²) in [5.41, 5.74) is 1.54. The maximum absolute atomic E-state index is 14.3. The number of carbonyl (C=O) groups excluding carboxylic acids is 1. The Bertz CT molecular complexity index is 1540. The van der Waals surface area contributed by atoms with E-state index >= 15 is 0 Å². The first-order chi connectivity index (χ1) is 18.8. The third-order valence-corrected chi connectivity index (χ3v) is 9.86. The molecule has 204 valence electrons. The molecule has 11 heteroatoms. The molecule has 1 aromatic heterocycles. The summed E-state index contributed by atoms with van der Waals surface area (Å²) in [6.45, 7) is 0.541. The molecule has 2 heterocycles. The minimum Gasteiger partial charge on any atom is -0.495 e. The summed E-state index contributed by atoms with van der Waals surface area (Å²) in [7, 11) is -0.854. The third kappa shape index (κ3) is 5.34. The molecule has 3 aromatic carbocycles. The molecule has 0 N–H and O–H groups in total. The van der Waals surface area contributed by atoms with E-state index < -0.39 is 21.8 Å². The van der Waals surface area contributed by atoms with Crippen molar-refractivity contribution < 1.29 is 27.1 Å². The largest absolute Gasteiger partial charge is 0.495 e. The van der Waals surface area contributed by atoms with Crippen molar-refractivity contribution in [2.75, 3.05) is 32.2 Å². The molecule has 0 radical (unpaired) electrons. The van der Waals surface area contributed by atoms with Gasteiger partial charge in [0.15, 0.2) is 5.13 Å². The van der Waals surface area contributed by atoms with Gasteiger partial charge in [-0.2, -0.15) is 4.31 Å². The van der Waals surface area contributed by atoms with Crippen LogP contribution < -0.4 is 14.4 Å². The SMILES string of the molecule is COc1ccc(OC)c2sc(N(Cc3ccccc3)C(=O)C3CCN(S(=O)(=O)c4ccccc4F)CC3)nc12. The van der Waals surface area contributed by atoms with Gasteiger partial charge in [0.1, 0.15) is 32.4 Å². The van der Waals surface area contributed by atoms with Crippen molar-refractivity contribution in [1.29, 1.82) is 0 Å². The van der Waals surface area contributed by atoms with Crippen LogP contribution >= 0.6 is 11.3 Å². The molecule has 0 atom stereocenters. The smallest absolute Gasteiger partial charge is 0.245 e. The molecule has 0 spiro atoms. The Balaban J connectivity index is 1.43. The molecule has 0 unspecified atom stereocenters. The van der Waals surface area contributed by atoms with Crippen LogP contribution in [0.1, 0.15) is 18.4 Å². The number of anilines is 1. The molecule has 1 aliphatic rings. The fourth-order valence-corrected chi connectivity index (χ4v) is 7.37. The van der Waals surface area contributed by atoms with Crippen molar-refractivity contribution >= 4 is 42.6 Å². The number of aromatic nitrogens is 1. The van der Waals surface area contributed by atoms with Crippen LogP contribution in [0, 0.1) is 11.7 Å². The van der Waals surface area contributed by atoms with E-state index in [0.717, 1.165) is 16.3 Å². The van der Waals surface area contributed by atoms with Crippen molar-refractivity contribution in [3.8, 4) is 11.5 Å². The Hall–Kier alpha value is -3.54. The topological polar surface area (TPSA) is 89.0 Å². The first kappa shape index (κ1) is 27.0. The second-order valence-corrected chi connectivity index (χ2v) is 12.0. The standard InChI is InChI=1S/C28H28FN3O5S2/c1-36-22-12-13-23(37-2)26-25(22)30-28(38-26)32(18-19-8-4-3-5-9-19)27(33)20-14-16-31(17-15-20)39(34,35)24-11-7-6-10-21(24)29/h3-13,20H,14-18H2,1-2H3. The lowest BCUT2D eigenvalue weighted by Gasteiger charge is -2.33. The zero-order valence-corrected chi connectivity index (χ0v) is 23.2. The molecular formula is C28H28FN3O5S2. The maximum atomic E-state index is 14.3. The molecule has 0 saturated carbocycles. The number of benzene rings is 3. The van der Waals surface area contributed by atoms with Crippen LogP contribution in [-0.4, -0.2) is 50.9 Å². The molecule has 1 amide bonds. The lowest BCUT2D eigenvalue weighted by molar-refractivity contribution is -0.123. The number of hydrogen-bond donors (Lipinski definition) is 0. The van der Waals surface area contributed by atoms with Crippen LogP contribution in [0.2, 0.25) is 0 Å². The summed E-state index contributed by atoms with van der Waals surface area (Å²) in [6.07, 6.45) is 0.630. The summed E-state index contributed by atoms with van der Waals surface area (Å²) >= 11 is 1.34. The lowest BCUT2D eigenvalue weighted by atomic mass is 9.96. The van der Waals surface area contributed by atoms with Crippen molar-refractivity contribution in [2.45, 2.75) is 24.3 Å². The van der Waals surface area contributed by atoms with Crippen LogP contribution in [0.5, 0.6) is 11.5 Å². The number of ether oxygens (including phenoxy) is 2. The van der Waals surface area contributed by atoms with Gasteiger partial charge < -0.3 is 9.47 Å². The first-order valence-corrected chi connectivity index (χ1v) is 14.7. The molecule has 39 heavy (non-hydrogen) atoms. The number of hydrogen-bond acceptors (Lipinski definition) is 7. The van der Waals surface area contributed by atoms with Gasteiger partial charge in [0.05, 0.1) is 20.8 Å². The van der Waals surface area contributed by atoms with Gasteiger partial charge in [-0.1, -0.05) is 53.8 Å². The van der Waals surface area contributed by atoms with Gasteiger partial charge in [-0.25, -0.2) is 17.8 Å². The number of nitrogens with zero attached hydrogens (tertiary/aromatic N) is 3. The number of carbonyl (C=O) groups is 1. The highest BCUT2D eigenvalue weighted by molar-refractivity contribution is 7.89. The van der Waals surface area contributed by atoms with Gasteiger partial charge in [0.25, 0.3) is 0 Å². The normalized spacial score (nSPS) is 14.8. The Morgan fingerprint density at radius 3 is 2.31 bits per heavy atom. The number of rotatable bonds is 8. The Labute approximate surface area is 230 Å². The van der Waals surface area contributed by atoms with Gasteiger partial charge in [0.2, 0.25) is 15.9 Å². The fourth-order valence-electron chi connectivity index (χ4n) is 4.75. The molecule has 0 aliphatic carbocycles. The number of fused-ring (bicyclic) bond motifs is 1. The van der Waals surface area contributed by atoms with Crippen LogP contribution in [-0.2, 0) is 21.4 Å². The maximum Gasteiger partial charge on any atom is 0.245 e. The predicted molar refractivity (Wildman–Crippen MR) is 148 cm³/mol. The Kier molecular flexibility index (Phi) is 7.83. The van der Waals surface area contributed by atoms with E-state index in [9.17, 15) is 17.6 Å². The highest BCUT2D eigenvalue weighted by Crippen LogP contribution is 2.41. The quantitative estimate of drug-likeness (QED) is 0.294. The van der Waals surface area contributed by atoms with Crippen LogP contribution in [0.4, 0.5) is 9.52 Å². The average molecular weight is 570 g/mol. The van der Waals surface area contributed by atoms with Crippen molar-refractivity contribution in [3.63, 3.8) is 0 Å². The molecule has 1 aliphatic heterocycles. The lowest BCUT2D eigenvalue weighted by Crippen LogP contribution is -2.44. The van der Waals surface area contributed by atoms with Crippen molar-refractivity contribution in [2.24, 2.45) is 5.92 Å². The average Bonchev–Trinajstić information content (AvgIpc) is 3.41. The van der Waals surface area contributed by atoms with Crippen molar-refractivity contribution in [1.82, 2.24) is 9.29 Å². The minimum absolute atomic E-state index is 0.119. The molecule has 1 fully saturated rings. The van der Waals surface area contributed by atoms with Crippen LogP contribution in [0.15, 0.2) is 71.6 Å². The van der Waals surface area contributed by atoms with E-state index in [1.54, 1.807) is 31.3 Å². The molecular weight excluding hydrogens is 541 g/mol. The van der Waals surface area contributed by atoms with Gasteiger partial charge in [0, 0.05) is 19.0 Å². The number of thiazole rings is 1. The summed E-state index contributed by atoms with van der Waals surface area (Å²) < 4.78 is 53.4. The van der Waals surface area contributed by atoms with Crippen LogP contribution in [0.25, 0.3) is 10.2 Å². The number of methoxy groups -OCH3 is 2. The summed E-state index contributed by atoms with van der Waals surface area (Å²) in [6, 6.07) is 18.5. The summed E-state index contributed by atoms with van der Waals surface area (Å²) in [4.78, 5) is 20.1. The minimum atomic E-state index is -4.00. The third-order valence-electron chi connectivity index (χ3n) is 6.84. The summed E-state index contributed by atoms with van der Waals surface area (Å²) in [5.74, 6) is -0.137. The Morgan fingerprint density at radius 2 is 1.64 bits per heavy atom. The van der Waals surface area contributed by atoms with E-state index in [2.05, 4.69) is 0 Å². The predicted octanol–water partition coefficient (Wildman–Crippen LogP) is 5.09. The van der Waals surface area contributed by atoms with Gasteiger partial charge in [-0.3, -0.25) is 9.69 Å². The molecule has 8 nitrogen and oxygen atoms in total. The number of sulfonamides is 1. The monoisotopic (exact) mass is 569 g/mol. The molecule has 4 aromatic rings. The highest BCUT2D eigenvalue weighted by atomic mass is 32.2. The van der Waals surface area contributed by atoms with Gasteiger partial charge in [-0.05, 0) is 42.7 Å². The molecule has 0 bridgehead atoms. The van der Waals surface area contributed by atoms with Gasteiger partial charge >= 0.3 is 0 Å². The number of amides is 1. The number of piperidine rings is 1. The zero-order valence-electron chi connectivity index (χ0n) is 21.5. The molecule has 1 saturated heterocycles. The van der Waals surface area contributed by atoms with Crippen LogP contribution in [0.3, 0.4) is 0 Å². The second-order valence-electron chi connectivity index (χ2n) is 9.16. The molecule has 5 rings (SSSR count). The highest BCUT2D eigenvalue weighted by Gasteiger charge is 2.36. The summed E-state index contributed by atoms with van der Waals surface area (Å²) in [5, 5.41) is 0.503. The second kappa shape index (κ2) is 11.3.